The van der Waals surface area contributed by atoms with E-state index in [0.717, 1.165) is 0 Å². The minimum Gasteiger partial charge on any atom is -0.376 e. The van der Waals surface area contributed by atoms with Crippen LogP contribution in [0.4, 0.5) is 11.4 Å². The first kappa shape index (κ1) is 20.2. The van der Waals surface area contributed by atoms with Gasteiger partial charge in [-0.3, -0.25) is 4.79 Å². The molecule has 2 rings (SSSR count). The summed E-state index contributed by atoms with van der Waals surface area (Å²) in [5.41, 5.74) is 1.15. The molecule has 2 aromatic carbocycles. The van der Waals surface area contributed by atoms with Gasteiger partial charge in [-0.25, -0.2) is 8.42 Å². The van der Waals surface area contributed by atoms with Gasteiger partial charge < -0.3 is 10.6 Å². The summed E-state index contributed by atoms with van der Waals surface area (Å²) < 4.78 is 26.5. The standard InChI is InChI=1S/C18H22ClN3O3S/c1-3-22(4-2)26(24,25)17-10-6-8-15(12-17)20-13-18(23)21-16-9-5-7-14(19)11-16/h5-12,20H,3-4,13H2,1-2H3,(H,21,23). The highest BCUT2D eigenvalue weighted by Crippen LogP contribution is 2.19. The van der Waals surface area contributed by atoms with E-state index in [1.54, 1.807) is 56.3 Å². The Kier molecular flexibility index (Phi) is 7.02. The van der Waals surface area contributed by atoms with Crippen molar-refractivity contribution in [2.24, 2.45) is 0 Å². The van der Waals surface area contributed by atoms with Crippen LogP contribution in [0.2, 0.25) is 5.02 Å². The number of hydrogen-bond donors (Lipinski definition) is 2. The van der Waals surface area contributed by atoms with E-state index in [2.05, 4.69) is 10.6 Å². The van der Waals surface area contributed by atoms with Crippen LogP contribution in [0.25, 0.3) is 0 Å². The molecule has 0 saturated carbocycles. The molecule has 0 fully saturated rings. The number of nitrogens with zero attached hydrogens (tertiary/aromatic N) is 1. The zero-order chi connectivity index (χ0) is 19.2. The normalized spacial score (nSPS) is 11.4. The number of carbonyl (C=O) groups excluding carboxylic acids is 1. The maximum absolute atomic E-state index is 12.6. The van der Waals surface area contributed by atoms with Crippen LogP contribution in [0.15, 0.2) is 53.4 Å². The lowest BCUT2D eigenvalue weighted by molar-refractivity contribution is -0.114. The summed E-state index contributed by atoms with van der Waals surface area (Å²) in [6, 6.07) is 13.3. The smallest absolute Gasteiger partial charge is 0.243 e. The van der Waals surface area contributed by atoms with Crippen molar-refractivity contribution >= 4 is 38.9 Å². The molecule has 0 aromatic heterocycles. The molecule has 2 N–H and O–H groups in total. The van der Waals surface area contributed by atoms with Crippen molar-refractivity contribution in [2.75, 3.05) is 30.3 Å². The predicted octanol–water partition coefficient (Wildman–Crippen LogP) is 3.42. The van der Waals surface area contributed by atoms with Gasteiger partial charge in [0.25, 0.3) is 0 Å². The molecule has 0 radical (unpaired) electrons. The van der Waals surface area contributed by atoms with Crippen LogP contribution in [0.1, 0.15) is 13.8 Å². The van der Waals surface area contributed by atoms with Crippen LogP contribution in [0.3, 0.4) is 0 Å². The van der Waals surface area contributed by atoms with Crippen molar-refractivity contribution in [3.8, 4) is 0 Å². The molecule has 26 heavy (non-hydrogen) atoms. The SMILES string of the molecule is CCN(CC)S(=O)(=O)c1cccc(NCC(=O)Nc2cccc(Cl)c2)c1. The summed E-state index contributed by atoms with van der Waals surface area (Å²) in [5.74, 6) is -0.260. The van der Waals surface area contributed by atoms with Crippen molar-refractivity contribution in [3.05, 3.63) is 53.6 Å². The maximum atomic E-state index is 12.6. The Morgan fingerprint density at radius 3 is 2.35 bits per heavy atom. The van der Waals surface area contributed by atoms with E-state index in [-0.39, 0.29) is 17.3 Å². The largest absolute Gasteiger partial charge is 0.376 e. The lowest BCUT2D eigenvalue weighted by atomic mass is 10.3. The second-order valence-electron chi connectivity index (χ2n) is 5.53. The predicted molar refractivity (Wildman–Crippen MR) is 105 cm³/mol. The molecule has 0 heterocycles. The van der Waals surface area contributed by atoms with E-state index in [0.29, 0.717) is 29.5 Å². The fourth-order valence-electron chi connectivity index (χ4n) is 2.43. The van der Waals surface area contributed by atoms with Gasteiger partial charge in [-0.15, -0.1) is 0 Å². The summed E-state index contributed by atoms with van der Waals surface area (Å²) in [6.07, 6.45) is 0. The van der Waals surface area contributed by atoms with Gasteiger partial charge in [-0.2, -0.15) is 4.31 Å². The highest BCUT2D eigenvalue weighted by molar-refractivity contribution is 7.89. The van der Waals surface area contributed by atoms with E-state index >= 15 is 0 Å². The number of sulfonamides is 1. The van der Waals surface area contributed by atoms with E-state index in [9.17, 15) is 13.2 Å². The Hall–Kier alpha value is -2.09. The molecular weight excluding hydrogens is 374 g/mol. The number of nitrogens with one attached hydrogen (secondary N) is 2. The van der Waals surface area contributed by atoms with Gasteiger partial charge in [0, 0.05) is 29.5 Å². The molecule has 8 heteroatoms. The summed E-state index contributed by atoms with van der Waals surface area (Å²) in [5, 5.41) is 6.19. The second-order valence-corrected chi connectivity index (χ2v) is 7.90. The minimum atomic E-state index is -3.54. The van der Waals surface area contributed by atoms with Crippen LogP contribution >= 0.6 is 11.6 Å². The summed E-state index contributed by atoms with van der Waals surface area (Å²) in [7, 11) is -3.54. The number of benzene rings is 2. The lowest BCUT2D eigenvalue weighted by Gasteiger charge is -2.19. The number of rotatable bonds is 8. The van der Waals surface area contributed by atoms with Crippen molar-refractivity contribution in [2.45, 2.75) is 18.7 Å². The third-order valence-corrected chi connectivity index (χ3v) is 6.02. The molecule has 0 bridgehead atoms. The first-order valence-electron chi connectivity index (χ1n) is 8.26. The van der Waals surface area contributed by atoms with E-state index in [1.165, 1.54) is 10.4 Å². The Labute approximate surface area is 159 Å². The monoisotopic (exact) mass is 395 g/mol. The van der Waals surface area contributed by atoms with Crippen LogP contribution in [-0.2, 0) is 14.8 Å². The molecule has 0 aliphatic rings. The molecule has 0 aliphatic heterocycles. The lowest BCUT2D eigenvalue weighted by Crippen LogP contribution is -2.30. The van der Waals surface area contributed by atoms with Crippen molar-refractivity contribution in [1.29, 1.82) is 0 Å². The van der Waals surface area contributed by atoms with Gasteiger partial charge in [0.1, 0.15) is 0 Å². The highest BCUT2D eigenvalue weighted by Gasteiger charge is 2.21. The first-order chi connectivity index (χ1) is 12.4. The zero-order valence-corrected chi connectivity index (χ0v) is 16.3. The molecule has 140 valence electrons. The third-order valence-electron chi connectivity index (χ3n) is 3.74. The average Bonchev–Trinajstić information content (AvgIpc) is 2.61. The van der Waals surface area contributed by atoms with Crippen molar-refractivity contribution in [3.63, 3.8) is 0 Å². The van der Waals surface area contributed by atoms with E-state index in [4.69, 9.17) is 11.6 Å². The number of amides is 1. The summed E-state index contributed by atoms with van der Waals surface area (Å²) in [4.78, 5) is 12.2. The van der Waals surface area contributed by atoms with Gasteiger partial charge in [0.2, 0.25) is 15.9 Å². The molecule has 0 unspecified atom stereocenters. The Bertz CT molecular complexity index is 867. The molecule has 0 atom stereocenters. The number of carbonyl (C=O) groups is 1. The van der Waals surface area contributed by atoms with Crippen LogP contribution in [0, 0.1) is 0 Å². The molecular formula is C18H22ClN3O3S. The third kappa shape index (κ3) is 5.20. The van der Waals surface area contributed by atoms with Crippen LogP contribution in [0.5, 0.6) is 0 Å². The fourth-order valence-corrected chi connectivity index (χ4v) is 4.13. The van der Waals surface area contributed by atoms with Crippen LogP contribution < -0.4 is 10.6 Å². The molecule has 6 nitrogen and oxygen atoms in total. The molecule has 2 aromatic rings. The van der Waals surface area contributed by atoms with Gasteiger partial charge in [0.15, 0.2) is 0 Å². The Morgan fingerprint density at radius 2 is 1.69 bits per heavy atom. The van der Waals surface area contributed by atoms with Gasteiger partial charge >= 0.3 is 0 Å². The first-order valence-corrected chi connectivity index (χ1v) is 10.1. The number of anilines is 2. The van der Waals surface area contributed by atoms with Crippen LogP contribution in [-0.4, -0.2) is 38.3 Å². The van der Waals surface area contributed by atoms with Gasteiger partial charge in [-0.1, -0.05) is 37.6 Å². The fraction of sp³-hybridized carbons (Fsp3) is 0.278. The zero-order valence-electron chi connectivity index (χ0n) is 14.7. The highest BCUT2D eigenvalue weighted by atomic mass is 35.5. The molecule has 1 amide bonds. The summed E-state index contributed by atoms with van der Waals surface area (Å²) in [6.45, 7) is 4.39. The summed E-state index contributed by atoms with van der Waals surface area (Å²) >= 11 is 5.88. The van der Waals surface area contributed by atoms with Crippen molar-refractivity contribution in [1.82, 2.24) is 4.31 Å². The molecule has 0 spiro atoms. The van der Waals surface area contributed by atoms with Gasteiger partial charge in [0.05, 0.1) is 11.4 Å². The number of hydrogen-bond acceptors (Lipinski definition) is 4. The quantitative estimate of drug-likeness (QED) is 0.717. The molecule has 0 aliphatic carbocycles. The topological polar surface area (TPSA) is 78.5 Å². The average molecular weight is 396 g/mol. The maximum Gasteiger partial charge on any atom is 0.243 e. The Balaban J connectivity index is 2.03. The van der Waals surface area contributed by atoms with E-state index < -0.39 is 10.0 Å². The second kappa shape index (κ2) is 9.02. The van der Waals surface area contributed by atoms with Gasteiger partial charge in [-0.05, 0) is 36.4 Å². The minimum absolute atomic E-state index is 0.00127. The number of halogens is 1. The van der Waals surface area contributed by atoms with E-state index in [1.807, 2.05) is 0 Å². The Morgan fingerprint density at radius 1 is 1.04 bits per heavy atom. The molecule has 0 saturated heterocycles. The van der Waals surface area contributed by atoms with Crippen molar-refractivity contribution < 1.29 is 13.2 Å².